The molecule has 2 saturated heterocycles. The quantitative estimate of drug-likeness (QED) is 0.446. The van der Waals surface area contributed by atoms with Crippen molar-refractivity contribution in [1.82, 2.24) is 14.1 Å². The summed E-state index contributed by atoms with van der Waals surface area (Å²) in [5, 5.41) is 0.144. The Hall–Kier alpha value is -2.60. The summed E-state index contributed by atoms with van der Waals surface area (Å²) in [4.78, 5) is 17.4. The van der Waals surface area contributed by atoms with Crippen LogP contribution in [-0.4, -0.2) is 95.6 Å². The van der Waals surface area contributed by atoms with Crippen molar-refractivity contribution in [2.75, 3.05) is 67.1 Å². The fourth-order valence-electron chi connectivity index (χ4n) is 5.11. The molecule has 2 fully saturated rings. The highest BCUT2D eigenvalue weighted by Gasteiger charge is 2.44. The normalized spacial score (nSPS) is 21.0. The molecule has 0 aliphatic carbocycles. The van der Waals surface area contributed by atoms with Gasteiger partial charge in [0, 0.05) is 57.2 Å². The number of ether oxygens (including phenoxy) is 3. The van der Waals surface area contributed by atoms with Crippen molar-refractivity contribution in [2.24, 2.45) is 5.41 Å². The number of benzene rings is 2. The number of carbonyl (C=O) groups excluding carboxylic acids is 1. The molecular formula is C27H35ClFN3O6S. The molecule has 0 N–H and O–H groups in total. The Morgan fingerprint density at radius 3 is 2.33 bits per heavy atom. The standard InChI is InChI=1S/C27H35ClFN3O6S/c1-30-11-13-31(14-12-30)26(33)17-27(19-38-21-7-5-20(29)6-8-21)9-4-10-32(18-27)39(34,35)25-15-22(28)23(36-2)16-24(25)37-3/h5-8,15-16H,4,9-14,17-19H2,1-3H3/t27-/m1/s1. The van der Waals surface area contributed by atoms with Crippen LogP contribution >= 0.6 is 11.6 Å². The van der Waals surface area contributed by atoms with E-state index in [1.165, 1.54) is 54.9 Å². The molecule has 1 atom stereocenters. The van der Waals surface area contributed by atoms with E-state index in [1.807, 2.05) is 11.9 Å². The summed E-state index contributed by atoms with van der Waals surface area (Å²) in [5.74, 6) is 0.445. The zero-order chi connectivity index (χ0) is 28.2. The Labute approximate surface area is 234 Å². The first-order valence-corrected chi connectivity index (χ1v) is 14.6. The van der Waals surface area contributed by atoms with E-state index in [0.717, 1.165) is 13.1 Å². The predicted molar refractivity (Wildman–Crippen MR) is 146 cm³/mol. The van der Waals surface area contributed by atoms with Crippen molar-refractivity contribution in [3.63, 3.8) is 0 Å². The van der Waals surface area contributed by atoms with E-state index in [9.17, 15) is 17.6 Å². The molecule has 0 saturated carbocycles. The summed E-state index contributed by atoms with van der Waals surface area (Å²) < 4.78 is 59.3. The number of hydrogen-bond acceptors (Lipinski definition) is 7. The number of nitrogens with zero attached hydrogens (tertiary/aromatic N) is 3. The average Bonchev–Trinajstić information content (AvgIpc) is 2.93. The molecule has 0 radical (unpaired) electrons. The molecule has 2 aliphatic rings. The van der Waals surface area contributed by atoms with Crippen LogP contribution in [-0.2, 0) is 14.8 Å². The highest BCUT2D eigenvalue weighted by atomic mass is 35.5. The first kappa shape index (κ1) is 29.4. The molecule has 0 bridgehead atoms. The zero-order valence-corrected chi connectivity index (χ0v) is 24.1. The Bertz CT molecular complexity index is 1270. The lowest BCUT2D eigenvalue weighted by molar-refractivity contribution is -0.136. The smallest absolute Gasteiger partial charge is 0.246 e. The molecule has 2 aromatic carbocycles. The summed E-state index contributed by atoms with van der Waals surface area (Å²) in [6.07, 6.45) is 1.26. The van der Waals surface area contributed by atoms with Gasteiger partial charge >= 0.3 is 0 Å². The maximum Gasteiger partial charge on any atom is 0.246 e. The van der Waals surface area contributed by atoms with Crippen LogP contribution in [0.2, 0.25) is 5.02 Å². The SMILES string of the molecule is COc1cc(OC)c(S(=O)(=O)N2CCC[C@@](COc3ccc(F)cc3)(CC(=O)N3CCN(C)CC3)C2)cc1Cl. The van der Waals surface area contributed by atoms with Crippen molar-refractivity contribution in [2.45, 2.75) is 24.2 Å². The second-order valence-electron chi connectivity index (χ2n) is 10.2. The van der Waals surface area contributed by atoms with Crippen LogP contribution in [0.4, 0.5) is 4.39 Å². The third-order valence-electron chi connectivity index (χ3n) is 7.42. The summed E-state index contributed by atoms with van der Waals surface area (Å²) in [7, 11) is 0.788. The molecule has 12 heteroatoms. The average molecular weight is 584 g/mol. The molecule has 0 aromatic heterocycles. The molecule has 2 aromatic rings. The van der Waals surface area contributed by atoms with Crippen LogP contribution < -0.4 is 14.2 Å². The summed E-state index contributed by atoms with van der Waals surface area (Å²) in [5.41, 5.74) is -0.788. The highest BCUT2D eigenvalue weighted by Crippen LogP contribution is 2.41. The Morgan fingerprint density at radius 1 is 1.03 bits per heavy atom. The van der Waals surface area contributed by atoms with Crippen LogP contribution in [0.5, 0.6) is 17.2 Å². The van der Waals surface area contributed by atoms with E-state index in [0.29, 0.717) is 37.4 Å². The van der Waals surface area contributed by atoms with E-state index in [-0.39, 0.29) is 53.5 Å². The lowest BCUT2D eigenvalue weighted by Crippen LogP contribution is -2.53. The topological polar surface area (TPSA) is 88.6 Å². The zero-order valence-electron chi connectivity index (χ0n) is 22.5. The number of rotatable bonds is 9. The van der Waals surface area contributed by atoms with Gasteiger partial charge < -0.3 is 24.0 Å². The third-order valence-corrected chi connectivity index (χ3v) is 9.58. The van der Waals surface area contributed by atoms with Gasteiger partial charge in [0.25, 0.3) is 0 Å². The molecule has 214 valence electrons. The van der Waals surface area contributed by atoms with Crippen molar-refractivity contribution in [3.8, 4) is 17.2 Å². The van der Waals surface area contributed by atoms with E-state index in [4.69, 9.17) is 25.8 Å². The van der Waals surface area contributed by atoms with Gasteiger partial charge in [-0.2, -0.15) is 4.31 Å². The minimum atomic E-state index is -4.05. The molecular weight excluding hydrogens is 549 g/mol. The fourth-order valence-corrected chi connectivity index (χ4v) is 7.17. The summed E-state index contributed by atoms with van der Waals surface area (Å²) in [6, 6.07) is 8.42. The van der Waals surface area contributed by atoms with Crippen LogP contribution in [0, 0.1) is 11.2 Å². The maximum atomic E-state index is 13.9. The number of methoxy groups -OCH3 is 2. The first-order chi connectivity index (χ1) is 18.6. The van der Waals surface area contributed by atoms with Crippen LogP contribution in [0.15, 0.2) is 41.3 Å². The van der Waals surface area contributed by atoms with Gasteiger partial charge in [-0.15, -0.1) is 0 Å². The van der Waals surface area contributed by atoms with E-state index in [1.54, 1.807) is 0 Å². The summed E-state index contributed by atoms with van der Waals surface area (Å²) in [6.45, 7) is 3.25. The number of piperazine rings is 1. The summed E-state index contributed by atoms with van der Waals surface area (Å²) >= 11 is 6.29. The van der Waals surface area contributed by atoms with Crippen LogP contribution in [0.1, 0.15) is 19.3 Å². The Balaban J connectivity index is 1.62. The van der Waals surface area contributed by atoms with Crippen molar-refractivity contribution < 1.29 is 31.8 Å². The van der Waals surface area contributed by atoms with Gasteiger partial charge in [0.05, 0.1) is 25.8 Å². The molecule has 0 spiro atoms. The number of piperidine rings is 1. The van der Waals surface area contributed by atoms with Crippen LogP contribution in [0.3, 0.4) is 0 Å². The van der Waals surface area contributed by atoms with E-state index < -0.39 is 15.4 Å². The Morgan fingerprint density at radius 2 is 1.69 bits per heavy atom. The molecule has 0 unspecified atom stereocenters. The fraction of sp³-hybridized carbons (Fsp3) is 0.519. The second kappa shape index (κ2) is 12.3. The maximum absolute atomic E-state index is 13.9. The van der Waals surface area contributed by atoms with Crippen LogP contribution in [0.25, 0.3) is 0 Å². The molecule has 9 nitrogen and oxygen atoms in total. The highest BCUT2D eigenvalue weighted by molar-refractivity contribution is 7.89. The van der Waals surface area contributed by atoms with Crippen molar-refractivity contribution >= 4 is 27.5 Å². The van der Waals surface area contributed by atoms with Gasteiger partial charge in [0.15, 0.2) is 0 Å². The minimum absolute atomic E-state index is 0.0323. The van der Waals surface area contributed by atoms with Gasteiger partial charge in [0.2, 0.25) is 15.9 Å². The number of hydrogen-bond donors (Lipinski definition) is 0. The molecule has 2 heterocycles. The Kier molecular flexibility index (Phi) is 9.25. The molecule has 4 rings (SSSR count). The predicted octanol–water partition coefficient (Wildman–Crippen LogP) is 3.51. The number of likely N-dealkylation sites (N-methyl/N-ethyl adjacent to an activating group) is 1. The number of carbonyl (C=O) groups is 1. The minimum Gasteiger partial charge on any atom is -0.495 e. The monoisotopic (exact) mass is 583 g/mol. The largest absolute Gasteiger partial charge is 0.495 e. The van der Waals surface area contributed by atoms with E-state index in [2.05, 4.69) is 4.90 Å². The van der Waals surface area contributed by atoms with E-state index >= 15 is 0 Å². The van der Waals surface area contributed by atoms with Gasteiger partial charge in [-0.25, -0.2) is 12.8 Å². The molecule has 1 amide bonds. The number of amides is 1. The van der Waals surface area contributed by atoms with Gasteiger partial charge in [-0.3, -0.25) is 4.79 Å². The van der Waals surface area contributed by atoms with Crippen molar-refractivity contribution in [1.29, 1.82) is 0 Å². The number of sulfonamides is 1. The molecule has 39 heavy (non-hydrogen) atoms. The number of halogens is 2. The lowest BCUT2D eigenvalue weighted by atomic mass is 9.78. The van der Waals surface area contributed by atoms with Gasteiger partial charge in [-0.05, 0) is 50.2 Å². The first-order valence-electron chi connectivity index (χ1n) is 12.8. The molecule has 2 aliphatic heterocycles. The third kappa shape index (κ3) is 6.77. The van der Waals surface area contributed by atoms with Gasteiger partial charge in [-0.1, -0.05) is 11.6 Å². The second-order valence-corrected chi connectivity index (χ2v) is 12.5. The van der Waals surface area contributed by atoms with Gasteiger partial charge in [0.1, 0.15) is 28.0 Å². The lowest BCUT2D eigenvalue weighted by Gasteiger charge is -2.43. The van der Waals surface area contributed by atoms with Crippen molar-refractivity contribution in [3.05, 3.63) is 47.2 Å².